The van der Waals surface area contributed by atoms with Gasteiger partial charge in [-0.1, -0.05) is 24.3 Å². The van der Waals surface area contributed by atoms with Crippen LogP contribution in [0.4, 0.5) is 5.69 Å². The smallest absolute Gasteiger partial charge is 0.335 e. The van der Waals surface area contributed by atoms with Crippen molar-refractivity contribution < 1.29 is 19.4 Å². The molecule has 0 bridgehead atoms. The molecule has 21 heavy (non-hydrogen) atoms. The van der Waals surface area contributed by atoms with E-state index in [1.165, 1.54) is 12.1 Å². The molecule has 2 aromatic carbocycles. The molecule has 2 rings (SSSR count). The highest BCUT2D eigenvalue weighted by molar-refractivity contribution is 6.05. The van der Waals surface area contributed by atoms with Crippen LogP contribution in [-0.2, 0) is 11.3 Å². The molecule has 0 saturated carbocycles. The van der Waals surface area contributed by atoms with Crippen molar-refractivity contribution in [1.82, 2.24) is 0 Å². The molecule has 2 N–H and O–H groups in total. The fraction of sp³-hybridized carbons (Fsp3) is 0.125. The fourth-order valence-electron chi connectivity index (χ4n) is 1.95. The number of aromatic carboxylic acids is 1. The van der Waals surface area contributed by atoms with Gasteiger partial charge in [-0.3, -0.25) is 4.79 Å². The van der Waals surface area contributed by atoms with Crippen molar-refractivity contribution in [3.63, 3.8) is 0 Å². The molecule has 0 aromatic heterocycles. The zero-order chi connectivity index (χ0) is 15.2. The first-order valence-corrected chi connectivity index (χ1v) is 6.33. The SMILES string of the molecule is COCc1ccccc1C(=O)Nc1cccc(C(=O)O)c1. The Balaban J connectivity index is 2.22. The lowest BCUT2D eigenvalue weighted by Crippen LogP contribution is -2.15. The Labute approximate surface area is 122 Å². The summed E-state index contributed by atoms with van der Waals surface area (Å²) in [6.45, 7) is 0.332. The second kappa shape index (κ2) is 6.67. The number of carboxylic acid groups (broad SMARTS) is 1. The highest BCUT2D eigenvalue weighted by Crippen LogP contribution is 2.15. The minimum Gasteiger partial charge on any atom is -0.478 e. The van der Waals surface area contributed by atoms with Crippen LogP contribution < -0.4 is 5.32 Å². The number of rotatable bonds is 5. The fourth-order valence-corrected chi connectivity index (χ4v) is 1.95. The lowest BCUT2D eigenvalue weighted by molar-refractivity contribution is 0.0696. The van der Waals surface area contributed by atoms with Gasteiger partial charge in [-0.2, -0.15) is 0 Å². The van der Waals surface area contributed by atoms with E-state index in [0.717, 1.165) is 5.56 Å². The molecule has 0 spiro atoms. The summed E-state index contributed by atoms with van der Waals surface area (Å²) < 4.78 is 5.06. The van der Waals surface area contributed by atoms with E-state index in [1.807, 2.05) is 12.1 Å². The van der Waals surface area contributed by atoms with Crippen molar-refractivity contribution >= 4 is 17.6 Å². The number of methoxy groups -OCH3 is 1. The van der Waals surface area contributed by atoms with Crippen LogP contribution in [0.25, 0.3) is 0 Å². The Morgan fingerprint density at radius 3 is 2.62 bits per heavy atom. The van der Waals surface area contributed by atoms with Crippen LogP contribution in [-0.4, -0.2) is 24.1 Å². The number of carboxylic acids is 1. The first-order valence-electron chi connectivity index (χ1n) is 6.33. The summed E-state index contributed by atoms with van der Waals surface area (Å²) in [7, 11) is 1.56. The number of benzene rings is 2. The van der Waals surface area contributed by atoms with Crippen LogP contribution >= 0.6 is 0 Å². The van der Waals surface area contributed by atoms with Gasteiger partial charge in [0.1, 0.15) is 0 Å². The third kappa shape index (κ3) is 3.67. The summed E-state index contributed by atoms with van der Waals surface area (Å²) >= 11 is 0. The zero-order valence-electron chi connectivity index (χ0n) is 11.5. The van der Waals surface area contributed by atoms with Gasteiger partial charge in [-0.25, -0.2) is 4.79 Å². The molecule has 0 atom stereocenters. The van der Waals surface area contributed by atoms with E-state index in [4.69, 9.17) is 9.84 Å². The lowest BCUT2D eigenvalue weighted by Gasteiger charge is -2.10. The summed E-state index contributed by atoms with van der Waals surface area (Å²) in [4.78, 5) is 23.2. The molecule has 0 aliphatic rings. The molecule has 5 nitrogen and oxygen atoms in total. The van der Waals surface area contributed by atoms with E-state index in [2.05, 4.69) is 5.32 Å². The maximum atomic E-state index is 12.3. The maximum absolute atomic E-state index is 12.3. The number of anilines is 1. The number of amides is 1. The highest BCUT2D eigenvalue weighted by Gasteiger charge is 2.12. The van der Waals surface area contributed by atoms with Crippen molar-refractivity contribution in [2.75, 3.05) is 12.4 Å². The number of nitrogens with one attached hydrogen (secondary N) is 1. The largest absolute Gasteiger partial charge is 0.478 e. The number of hydrogen-bond acceptors (Lipinski definition) is 3. The molecular formula is C16H15NO4. The van der Waals surface area contributed by atoms with Gasteiger partial charge >= 0.3 is 5.97 Å². The summed E-state index contributed by atoms with van der Waals surface area (Å²) in [5, 5.41) is 11.6. The molecule has 0 aliphatic carbocycles. The van der Waals surface area contributed by atoms with Gasteiger partial charge in [0.15, 0.2) is 0 Å². The molecule has 108 valence electrons. The van der Waals surface area contributed by atoms with Crippen LogP contribution in [0.15, 0.2) is 48.5 Å². The van der Waals surface area contributed by atoms with E-state index in [0.29, 0.717) is 17.9 Å². The number of ether oxygens (including phenoxy) is 1. The van der Waals surface area contributed by atoms with E-state index in [1.54, 1.807) is 31.4 Å². The first kappa shape index (κ1) is 14.7. The van der Waals surface area contributed by atoms with Crippen molar-refractivity contribution in [2.45, 2.75) is 6.61 Å². The molecular weight excluding hydrogens is 270 g/mol. The van der Waals surface area contributed by atoms with Crippen LogP contribution in [0.1, 0.15) is 26.3 Å². The second-order valence-electron chi connectivity index (χ2n) is 4.43. The Kier molecular flexibility index (Phi) is 4.68. The second-order valence-corrected chi connectivity index (χ2v) is 4.43. The molecule has 0 fully saturated rings. The van der Waals surface area contributed by atoms with Gasteiger partial charge in [0.05, 0.1) is 12.2 Å². The van der Waals surface area contributed by atoms with Crippen LogP contribution in [0, 0.1) is 0 Å². The summed E-state index contributed by atoms with van der Waals surface area (Å²) in [5.41, 5.74) is 1.83. The van der Waals surface area contributed by atoms with Crippen LogP contribution in [0.3, 0.4) is 0 Å². The molecule has 0 heterocycles. The van der Waals surface area contributed by atoms with E-state index in [-0.39, 0.29) is 11.5 Å². The van der Waals surface area contributed by atoms with E-state index < -0.39 is 5.97 Å². The van der Waals surface area contributed by atoms with Gasteiger partial charge in [0.2, 0.25) is 0 Å². The molecule has 0 radical (unpaired) electrons. The first-order chi connectivity index (χ1) is 10.1. The van der Waals surface area contributed by atoms with E-state index in [9.17, 15) is 9.59 Å². The monoisotopic (exact) mass is 285 g/mol. The Bertz CT molecular complexity index is 667. The van der Waals surface area contributed by atoms with Gasteiger partial charge in [0, 0.05) is 18.4 Å². The minimum atomic E-state index is -1.04. The minimum absolute atomic E-state index is 0.123. The normalized spacial score (nSPS) is 10.1. The summed E-state index contributed by atoms with van der Waals surface area (Å²) in [5.74, 6) is -1.34. The van der Waals surface area contributed by atoms with Gasteiger partial charge in [0.25, 0.3) is 5.91 Å². The zero-order valence-corrected chi connectivity index (χ0v) is 11.5. The molecule has 2 aromatic rings. The third-order valence-corrected chi connectivity index (χ3v) is 2.93. The predicted octanol–water partition coefficient (Wildman–Crippen LogP) is 2.78. The van der Waals surface area contributed by atoms with E-state index >= 15 is 0 Å². The summed E-state index contributed by atoms with van der Waals surface area (Å²) in [6.07, 6.45) is 0. The predicted molar refractivity (Wildman–Crippen MR) is 78.5 cm³/mol. The van der Waals surface area contributed by atoms with Crippen LogP contribution in [0.2, 0.25) is 0 Å². The Hall–Kier alpha value is -2.66. The molecule has 0 saturated heterocycles. The van der Waals surface area contributed by atoms with Gasteiger partial charge in [-0.05, 0) is 29.8 Å². The van der Waals surface area contributed by atoms with Crippen molar-refractivity contribution in [2.24, 2.45) is 0 Å². The maximum Gasteiger partial charge on any atom is 0.335 e. The topological polar surface area (TPSA) is 75.6 Å². The van der Waals surface area contributed by atoms with Gasteiger partial charge < -0.3 is 15.2 Å². The number of carbonyl (C=O) groups excluding carboxylic acids is 1. The average Bonchev–Trinajstić information content (AvgIpc) is 2.48. The highest BCUT2D eigenvalue weighted by atomic mass is 16.5. The Morgan fingerprint density at radius 1 is 1.14 bits per heavy atom. The van der Waals surface area contributed by atoms with Gasteiger partial charge in [-0.15, -0.1) is 0 Å². The average molecular weight is 285 g/mol. The lowest BCUT2D eigenvalue weighted by atomic mass is 10.1. The molecule has 0 aliphatic heterocycles. The summed E-state index contributed by atoms with van der Waals surface area (Å²) in [6, 6.07) is 13.2. The molecule has 1 amide bonds. The van der Waals surface area contributed by atoms with Crippen molar-refractivity contribution in [3.05, 3.63) is 65.2 Å². The number of carbonyl (C=O) groups is 2. The molecule has 5 heteroatoms. The standard InChI is InChI=1S/C16H15NO4/c1-21-10-12-5-2-3-8-14(12)15(18)17-13-7-4-6-11(9-13)16(19)20/h2-9H,10H2,1H3,(H,17,18)(H,19,20). The van der Waals surface area contributed by atoms with Crippen molar-refractivity contribution in [1.29, 1.82) is 0 Å². The number of hydrogen-bond donors (Lipinski definition) is 2. The third-order valence-electron chi connectivity index (χ3n) is 2.93. The quantitative estimate of drug-likeness (QED) is 0.885. The van der Waals surface area contributed by atoms with Crippen molar-refractivity contribution in [3.8, 4) is 0 Å². The van der Waals surface area contributed by atoms with Crippen LogP contribution in [0.5, 0.6) is 0 Å². The molecule has 0 unspecified atom stereocenters. The Morgan fingerprint density at radius 2 is 1.90 bits per heavy atom.